The van der Waals surface area contributed by atoms with Gasteiger partial charge in [0.1, 0.15) is 17.9 Å². The number of fused-ring (bicyclic) bond motifs is 3. The maximum Gasteiger partial charge on any atom is 0.295 e. The zero-order chi connectivity index (χ0) is 18.2. The van der Waals surface area contributed by atoms with Gasteiger partial charge in [-0.25, -0.2) is 4.98 Å². The summed E-state index contributed by atoms with van der Waals surface area (Å²) in [5, 5.41) is 23.1. The van der Waals surface area contributed by atoms with Crippen molar-refractivity contribution in [3.05, 3.63) is 40.5 Å². The molecular weight excluding hydrogens is 356 g/mol. The lowest BCUT2D eigenvalue weighted by atomic mass is 10.2. The summed E-state index contributed by atoms with van der Waals surface area (Å²) in [6.45, 7) is 7.82. The molecule has 25 heavy (non-hydrogen) atoms. The number of ether oxygens (including phenoxy) is 1. The second-order valence-corrected chi connectivity index (χ2v) is 13.2. The Balaban J connectivity index is 2.08. The minimum absolute atomic E-state index is 0.0196. The third-order valence-corrected chi connectivity index (χ3v) is 6.08. The van der Waals surface area contributed by atoms with Crippen molar-refractivity contribution in [3.63, 3.8) is 0 Å². The molecule has 0 aromatic carbocycles. The first-order valence-corrected chi connectivity index (χ1v) is 12.1. The summed E-state index contributed by atoms with van der Waals surface area (Å²) >= 11 is 6.35. The standard InChI is InChI=1S/C17H19ClN4O2Si/c1-25(2,3)7-6-24-11-21-15-10-22(23)12(9-19)8-13(15)16-14(18)4-5-20-17(16)21/h4-5,8,10H,6-7,11H2,1-3H3. The van der Waals surface area contributed by atoms with Crippen LogP contribution < -0.4 is 4.73 Å². The maximum absolute atomic E-state index is 12.0. The van der Waals surface area contributed by atoms with Gasteiger partial charge in [0, 0.05) is 37.7 Å². The van der Waals surface area contributed by atoms with E-state index in [1.165, 1.54) is 6.20 Å². The van der Waals surface area contributed by atoms with E-state index in [-0.39, 0.29) is 12.4 Å². The van der Waals surface area contributed by atoms with E-state index in [0.29, 0.717) is 27.5 Å². The quantitative estimate of drug-likeness (QED) is 0.295. The van der Waals surface area contributed by atoms with Gasteiger partial charge in [-0.3, -0.25) is 4.57 Å². The van der Waals surface area contributed by atoms with Crippen LogP contribution in [0, 0.1) is 16.5 Å². The zero-order valence-electron chi connectivity index (χ0n) is 14.4. The molecule has 3 aromatic rings. The molecule has 0 spiro atoms. The Labute approximate surface area is 151 Å². The Kier molecular flexibility index (Phi) is 4.69. The highest BCUT2D eigenvalue weighted by Crippen LogP contribution is 2.32. The van der Waals surface area contributed by atoms with E-state index in [2.05, 4.69) is 24.6 Å². The Bertz CT molecular complexity index is 988. The lowest BCUT2D eigenvalue weighted by molar-refractivity contribution is -0.606. The molecule has 0 aliphatic heterocycles. The number of aromatic nitrogens is 3. The second-order valence-electron chi connectivity index (χ2n) is 7.16. The molecule has 0 fully saturated rings. The molecular formula is C17H19ClN4O2Si. The number of nitrogens with zero attached hydrogens (tertiary/aromatic N) is 4. The minimum Gasteiger partial charge on any atom is -0.618 e. The minimum atomic E-state index is -1.18. The van der Waals surface area contributed by atoms with Crippen molar-refractivity contribution in [3.8, 4) is 6.07 Å². The highest BCUT2D eigenvalue weighted by atomic mass is 35.5. The van der Waals surface area contributed by atoms with E-state index >= 15 is 0 Å². The van der Waals surface area contributed by atoms with Crippen molar-refractivity contribution in [2.45, 2.75) is 32.4 Å². The molecule has 0 bridgehead atoms. The van der Waals surface area contributed by atoms with Crippen LogP contribution >= 0.6 is 11.6 Å². The molecule has 0 N–H and O–H groups in total. The lowest BCUT2D eigenvalue weighted by Gasteiger charge is -2.15. The van der Waals surface area contributed by atoms with E-state index in [4.69, 9.17) is 21.6 Å². The summed E-state index contributed by atoms with van der Waals surface area (Å²) in [6.07, 6.45) is 3.01. The molecule has 3 heterocycles. The molecule has 3 rings (SSSR count). The van der Waals surface area contributed by atoms with E-state index in [1.807, 2.05) is 10.6 Å². The Morgan fingerprint density at radius 2 is 2.20 bits per heavy atom. The van der Waals surface area contributed by atoms with Crippen molar-refractivity contribution < 1.29 is 9.47 Å². The molecule has 3 aromatic heterocycles. The molecule has 0 aliphatic carbocycles. The molecule has 0 aliphatic rings. The lowest BCUT2D eigenvalue weighted by Crippen LogP contribution is -2.30. The molecule has 6 nitrogen and oxygen atoms in total. The SMILES string of the molecule is C[Si](C)(C)CCOCn1c2c[n+]([O-])c(C#N)cc2c2c(Cl)ccnc21. The highest BCUT2D eigenvalue weighted by Gasteiger charge is 2.20. The normalized spacial score (nSPS) is 12.0. The van der Waals surface area contributed by atoms with Crippen LogP contribution in [-0.2, 0) is 11.5 Å². The van der Waals surface area contributed by atoms with Crippen LogP contribution in [0.3, 0.4) is 0 Å². The molecule has 0 radical (unpaired) electrons. The van der Waals surface area contributed by atoms with Crippen molar-refractivity contribution in [1.29, 1.82) is 5.26 Å². The maximum atomic E-state index is 12.0. The number of hydrogen-bond acceptors (Lipinski definition) is 4. The van der Waals surface area contributed by atoms with E-state index in [1.54, 1.807) is 18.3 Å². The van der Waals surface area contributed by atoms with Gasteiger partial charge in [0.15, 0.2) is 6.07 Å². The fourth-order valence-corrected chi connectivity index (χ4v) is 3.68. The van der Waals surface area contributed by atoms with Gasteiger partial charge < -0.3 is 9.94 Å². The van der Waals surface area contributed by atoms with Crippen LogP contribution in [-0.4, -0.2) is 24.2 Å². The van der Waals surface area contributed by atoms with Gasteiger partial charge >= 0.3 is 0 Å². The summed E-state index contributed by atoms with van der Waals surface area (Å²) in [6, 6.07) is 6.21. The summed E-state index contributed by atoms with van der Waals surface area (Å²) in [5.41, 5.74) is 1.31. The van der Waals surface area contributed by atoms with Crippen LogP contribution in [0.15, 0.2) is 24.5 Å². The number of pyridine rings is 2. The largest absolute Gasteiger partial charge is 0.618 e. The Morgan fingerprint density at radius 3 is 2.88 bits per heavy atom. The Hall–Kier alpha value is -2.14. The molecule has 0 atom stereocenters. The van der Waals surface area contributed by atoms with Gasteiger partial charge in [0.05, 0.1) is 5.02 Å². The second kappa shape index (κ2) is 6.63. The molecule has 0 amide bonds. The van der Waals surface area contributed by atoms with Crippen molar-refractivity contribution in [2.24, 2.45) is 0 Å². The molecule has 0 saturated heterocycles. The molecule has 8 heteroatoms. The first-order chi connectivity index (χ1) is 11.8. The van der Waals surface area contributed by atoms with Crippen LogP contribution in [0.25, 0.3) is 21.9 Å². The zero-order valence-corrected chi connectivity index (χ0v) is 16.2. The van der Waals surface area contributed by atoms with Gasteiger partial charge in [-0.1, -0.05) is 31.2 Å². The number of nitriles is 1. The van der Waals surface area contributed by atoms with Crippen molar-refractivity contribution in [2.75, 3.05) is 6.61 Å². The first kappa shape index (κ1) is 17.7. The molecule has 0 unspecified atom stereocenters. The van der Waals surface area contributed by atoms with E-state index in [9.17, 15) is 5.21 Å². The van der Waals surface area contributed by atoms with Gasteiger partial charge in [-0.2, -0.15) is 9.99 Å². The van der Waals surface area contributed by atoms with Crippen molar-refractivity contribution >= 4 is 41.6 Å². The van der Waals surface area contributed by atoms with Gasteiger partial charge in [0.2, 0.25) is 6.20 Å². The Morgan fingerprint density at radius 1 is 1.44 bits per heavy atom. The fraction of sp³-hybridized carbons (Fsp3) is 0.353. The third-order valence-electron chi connectivity index (χ3n) is 4.06. The van der Waals surface area contributed by atoms with Crippen LogP contribution in [0.5, 0.6) is 0 Å². The first-order valence-electron chi connectivity index (χ1n) is 7.99. The van der Waals surface area contributed by atoms with Crippen LogP contribution in [0.4, 0.5) is 0 Å². The average Bonchev–Trinajstić information content (AvgIpc) is 2.84. The highest BCUT2D eigenvalue weighted by molar-refractivity contribution is 6.76. The summed E-state index contributed by atoms with van der Waals surface area (Å²) in [4.78, 5) is 4.40. The summed E-state index contributed by atoms with van der Waals surface area (Å²) in [7, 11) is -1.18. The van der Waals surface area contributed by atoms with Gasteiger partial charge in [-0.15, -0.1) is 0 Å². The van der Waals surface area contributed by atoms with E-state index in [0.717, 1.165) is 16.8 Å². The molecule has 0 saturated carbocycles. The van der Waals surface area contributed by atoms with Gasteiger partial charge in [0.25, 0.3) is 5.69 Å². The van der Waals surface area contributed by atoms with Crippen molar-refractivity contribution in [1.82, 2.24) is 9.55 Å². The monoisotopic (exact) mass is 374 g/mol. The summed E-state index contributed by atoms with van der Waals surface area (Å²) in [5.74, 6) is 0. The fourth-order valence-electron chi connectivity index (χ4n) is 2.68. The van der Waals surface area contributed by atoms with Crippen LogP contribution in [0.2, 0.25) is 30.7 Å². The average molecular weight is 375 g/mol. The topological polar surface area (TPSA) is 77.8 Å². The number of halogens is 1. The summed E-state index contributed by atoms with van der Waals surface area (Å²) < 4.78 is 8.24. The van der Waals surface area contributed by atoms with Gasteiger partial charge in [-0.05, 0) is 12.1 Å². The predicted molar refractivity (Wildman–Crippen MR) is 100 cm³/mol. The van der Waals surface area contributed by atoms with E-state index < -0.39 is 8.07 Å². The number of rotatable bonds is 5. The number of hydrogen-bond donors (Lipinski definition) is 0. The smallest absolute Gasteiger partial charge is 0.295 e. The van der Waals surface area contributed by atoms with Crippen LogP contribution in [0.1, 0.15) is 5.69 Å². The third kappa shape index (κ3) is 3.47. The molecule has 130 valence electrons. The predicted octanol–water partition coefficient (Wildman–Crippen LogP) is 3.66.